The van der Waals surface area contributed by atoms with Gasteiger partial charge in [-0.15, -0.1) is 11.3 Å². The smallest absolute Gasteiger partial charge is 0.0897 e. The molecule has 1 aromatic heterocycles. The molecule has 0 spiro atoms. The van der Waals surface area contributed by atoms with Gasteiger partial charge in [0.2, 0.25) is 0 Å². The van der Waals surface area contributed by atoms with Crippen LogP contribution in [-0.4, -0.2) is 4.98 Å². The van der Waals surface area contributed by atoms with Gasteiger partial charge in [-0.3, -0.25) is 11.3 Å². The lowest BCUT2D eigenvalue weighted by Crippen LogP contribution is -2.28. The topological polar surface area (TPSA) is 50.9 Å². The van der Waals surface area contributed by atoms with Crippen LogP contribution in [-0.2, 0) is 6.42 Å². The van der Waals surface area contributed by atoms with E-state index < -0.39 is 0 Å². The van der Waals surface area contributed by atoms with Gasteiger partial charge in [0.25, 0.3) is 0 Å². The van der Waals surface area contributed by atoms with Crippen LogP contribution in [0.5, 0.6) is 0 Å². The molecule has 0 saturated carbocycles. The summed E-state index contributed by atoms with van der Waals surface area (Å²) in [6.07, 6.45) is 2.78. The Kier molecular flexibility index (Phi) is 4.49. The summed E-state index contributed by atoms with van der Waals surface area (Å²) in [5.74, 6) is 5.62. The van der Waals surface area contributed by atoms with E-state index in [0.29, 0.717) is 0 Å². The number of thiazole rings is 1. The predicted octanol–water partition coefficient (Wildman–Crippen LogP) is 2.80. The minimum atomic E-state index is 0.140. The maximum Gasteiger partial charge on any atom is 0.0897 e. The molecule has 0 aliphatic carbocycles. The van der Waals surface area contributed by atoms with E-state index in [1.807, 2.05) is 13.1 Å². The number of nitrogens with one attached hydrogen (secondary N) is 1. The molecule has 1 heterocycles. The van der Waals surface area contributed by atoms with E-state index >= 15 is 0 Å². The predicted molar refractivity (Wildman–Crippen MR) is 79.8 cm³/mol. The molecule has 3 nitrogen and oxygen atoms in total. The Morgan fingerprint density at radius 3 is 2.65 bits per heavy atom. The van der Waals surface area contributed by atoms with Crippen molar-refractivity contribution in [2.75, 3.05) is 0 Å². The molecule has 90 valence electrons. The highest BCUT2D eigenvalue weighted by atomic mass is 127. The fourth-order valence-corrected chi connectivity index (χ4v) is 2.84. The Bertz CT molecular complexity index is 481. The quantitative estimate of drug-likeness (QED) is 0.502. The summed E-state index contributed by atoms with van der Waals surface area (Å²) in [5, 5.41) is 1.07. The first-order valence-corrected chi connectivity index (χ1v) is 7.21. The van der Waals surface area contributed by atoms with E-state index in [-0.39, 0.29) is 6.04 Å². The molecule has 0 saturated heterocycles. The van der Waals surface area contributed by atoms with Crippen molar-refractivity contribution < 1.29 is 0 Å². The SMILES string of the molecule is Cc1ncc(C(Cc2ccc(I)cc2)NN)s1. The number of aromatic nitrogens is 1. The van der Waals surface area contributed by atoms with E-state index in [1.165, 1.54) is 14.0 Å². The number of hydrogen-bond acceptors (Lipinski definition) is 4. The van der Waals surface area contributed by atoms with Crippen LogP contribution in [0.15, 0.2) is 30.5 Å². The monoisotopic (exact) mass is 359 g/mol. The molecule has 3 N–H and O–H groups in total. The molecular weight excluding hydrogens is 345 g/mol. The largest absolute Gasteiger partial charge is 0.271 e. The second-order valence-corrected chi connectivity index (χ2v) is 6.34. The molecule has 0 fully saturated rings. The van der Waals surface area contributed by atoms with Crippen LogP contribution >= 0.6 is 33.9 Å². The second-order valence-electron chi connectivity index (χ2n) is 3.83. The van der Waals surface area contributed by atoms with Crippen molar-refractivity contribution in [1.29, 1.82) is 0 Å². The highest BCUT2D eigenvalue weighted by Gasteiger charge is 2.13. The number of hydrogen-bond donors (Lipinski definition) is 2. The first-order valence-electron chi connectivity index (χ1n) is 5.32. The van der Waals surface area contributed by atoms with Gasteiger partial charge in [0, 0.05) is 14.6 Å². The highest BCUT2D eigenvalue weighted by Crippen LogP contribution is 2.23. The second kappa shape index (κ2) is 5.90. The lowest BCUT2D eigenvalue weighted by atomic mass is 10.1. The Balaban J connectivity index is 2.12. The van der Waals surface area contributed by atoms with Crippen LogP contribution in [0, 0.1) is 10.5 Å². The zero-order chi connectivity index (χ0) is 12.3. The van der Waals surface area contributed by atoms with Gasteiger partial charge in [-0.25, -0.2) is 4.98 Å². The summed E-state index contributed by atoms with van der Waals surface area (Å²) in [7, 11) is 0. The number of aryl methyl sites for hydroxylation is 1. The lowest BCUT2D eigenvalue weighted by molar-refractivity contribution is 0.559. The van der Waals surface area contributed by atoms with Crippen LogP contribution < -0.4 is 11.3 Å². The average Bonchev–Trinajstić information content (AvgIpc) is 2.75. The highest BCUT2D eigenvalue weighted by molar-refractivity contribution is 14.1. The van der Waals surface area contributed by atoms with E-state index in [0.717, 1.165) is 11.4 Å². The van der Waals surface area contributed by atoms with Gasteiger partial charge in [0.15, 0.2) is 0 Å². The summed E-state index contributed by atoms with van der Waals surface area (Å²) in [6, 6.07) is 8.64. The van der Waals surface area contributed by atoms with Crippen molar-refractivity contribution in [2.45, 2.75) is 19.4 Å². The van der Waals surface area contributed by atoms with Gasteiger partial charge in [-0.05, 0) is 53.6 Å². The first kappa shape index (κ1) is 12.9. The number of rotatable bonds is 4. The molecule has 0 amide bonds. The molecule has 1 unspecified atom stereocenters. The normalized spacial score (nSPS) is 12.6. The third-order valence-electron chi connectivity index (χ3n) is 2.54. The van der Waals surface area contributed by atoms with Crippen molar-refractivity contribution >= 4 is 33.9 Å². The van der Waals surface area contributed by atoms with Crippen LogP contribution in [0.2, 0.25) is 0 Å². The molecule has 2 aromatic rings. The standard InChI is InChI=1S/C12H14IN3S/c1-8-15-7-12(17-8)11(16-14)6-9-2-4-10(13)5-3-9/h2-5,7,11,16H,6,14H2,1H3. The van der Waals surface area contributed by atoms with Gasteiger partial charge in [0.05, 0.1) is 11.0 Å². The third-order valence-corrected chi connectivity index (χ3v) is 4.28. The molecule has 1 atom stereocenters. The van der Waals surface area contributed by atoms with Crippen molar-refractivity contribution in [3.8, 4) is 0 Å². The molecule has 5 heteroatoms. The van der Waals surface area contributed by atoms with Gasteiger partial charge in [-0.1, -0.05) is 12.1 Å². The van der Waals surface area contributed by atoms with Gasteiger partial charge < -0.3 is 0 Å². The van der Waals surface area contributed by atoms with E-state index in [9.17, 15) is 0 Å². The molecular formula is C12H14IN3S. The molecule has 2 rings (SSSR count). The summed E-state index contributed by atoms with van der Waals surface area (Å²) < 4.78 is 1.25. The Morgan fingerprint density at radius 1 is 1.41 bits per heavy atom. The van der Waals surface area contributed by atoms with E-state index in [2.05, 4.69) is 57.3 Å². The van der Waals surface area contributed by atoms with Gasteiger partial charge in [-0.2, -0.15) is 0 Å². The number of hydrazine groups is 1. The number of halogens is 1. The summed E-state index contributed by atoms with van der Waals surface area (Å²) in [4.78, 5) is 5.45. The first-order chi connectivity index (χ1) is 8.19. The molecule has 0 aliphatic heterocycles. The van der Waals surface area contributed by atoms with Crippen LogP contribution in [0.25, 0.3) is 0 Å². The summed E-state index contributed by atoms with van der Waals surface area (Å²) >= 11 is 3.99. The molecule has 0 aliphatic rings. The van der Waals surface area contributed by atoms with Crippen molar-refractivity contribution in [3.05, 3.63) is 49.5 Å². The van der Waals surface area contributed by atoms with Crippen molar-refractivity contribution in [1.82, 2.24) is 10.4 Å². The number of benzene rings is 1. The Hall–Kier alpha value is -0.500. The maximum atomic E-state index is 5.62. The fourth-order valence-electron chi connectivity index (χ4n) is 1.64. The van der Waals surface area contributed by atoms with Crippen molar-refractivity contribution in [2.24, 2.45) is 5.84 Å². The number of nitrogens with zero attached hydrogens (tertiary/aromatic N) is 1. The van der Waals surface area contributed by atoms with Crippen LogP contribution in [0.4, 0.5) is 0 Å². The molecule has 17 heavy (non-hydrogen) atoms. The Labute approximate surface area is 119 Å². The van der Waals surface area contributed by atoms with Crippen LogP contribution in [0.1, 0.15) is 21.5 Å². The Morgan fingerprint density at radius 2 is 2.12 bits per heavy atom. The zero-order valence-corrected chi connectivity index (χ0v) is 12.5. The molecule has 1 aromatic carbocycles. The lowest BCUT2D eigenvalue weighted by Gasteiger charge is -2.13. The van der Waals surface area contributed by atoms with Crippen molar-refractivity contribution in [3.63, 3.8) is 0 Å². The minimum Gasteiger partial charge on any atom is -0.271 e. The molecule has 0 bridgehead atoms. The van der Waals surface area contributed by atoms with E-state index in [1.54, 1.807) is 11.3 Å². The third kappa shape index (κ3) is 3.48. The number of nitrogens with two attached hydrogens (primary N) is 1. The molecule has 0 radical (unpaired) electrons. The minimum absolute atomic E-state index is 0.140. The van der Waals surface area contributed by atoms with E-state index in [4.69, 9.17) is 5.84 Å². The fraction of sp³-hybridized carbons (Fsp3) is 0.250. The summed E-state index contributed by atoms with van der Waals surface area (Å²) in [5.41, 5.74) is 4.14. The van der Waals surface area contributed by atoms with Gasteiger partial charge in [0.1, 0.15) is 0 Å². The van der Waals surface area contributed by atoms with Crippen LogP contribution in [0.3, 0.4) is 0 Å². The summed E-state index contributed by atoms with van der Waals surface area (Å²) in [6.45, 7) is 2.01. The maximum absolute atomic E-state index is 5.62. The zero-order valence-electron chi connectivity index (χ0n) is 9.48. The van der Waals surface area contributed by atoms with Gasteiger partial charge >= 0.3 is 0 Å². The average molecular weight is 359 g/mol.